The van der Waals surface area contributed by atoms with E-state index >= 15 is 0 Å². The van der Waals surface area contributed by atoms with Gasteiger partial charge >= 0.3 is 0 Å². The maximum atomic E-state index is 12.8. The number of nitrogens with zero attached hydrogens (tertiary/aromatic N) is 1. The number of likely N-dealkylation sites (N-methyl/N-ethyl adjacent to an activating group) is 1. The van der Waals surface area contributed by atoms with Crippen molar-refractivity contribution in [3.05, 3.63) is 48.6 Å². The predicted molar refractivity (Wildman–Crippen MR) is 201 cm³/mol. The van der Waals surface area contributed by atoms with Gasteiger partial charge in [0.15, 0.2) is 0 Å². The fraction of sp³-hybridized carbons (Fsp3) is 0.769. The highest BCUT2D eigenvalue weighted by Gasteiger charge is 2.23. The monoisotopic (exact) mass is 697 g/mol. The maximum Gasteiger partial charge on any atom is 0.268 e. The van der Waals surface area contributed by atoms with Crippen molar-refractivity contribution in [1.29, 1.82) is 0 Å². The number of unbranched alkanes of at least 4 members (excludes halogenated alkanes) is 14. The molecule has 0 aromatic heterocycles. The SMILES string of the molecule is CC/C=C\C/C=C\C/C=C\CCCCCCCC(=O)NC(COP(=O)([O-])OCC[N+](C)(C)C)C(O)/C=C/CCCCCCCCCCC. The van der Waals surface area contributed by atoms with Crippen LogP contribution < -0.4 is 10.2 Å². The van der Waals surface area contributed by atoms with Gasteiger partial charge in [-0.2, -0.15) is 0 Å². The molecule has 48 heavy (non-hydrogen) atoms. The molecule has 0 aromatic carbocycles. The lowest BCUT2D eigenvalue weighted by molar-refractivity contribution is -0.870. The number of hydrogen-bond donors (Lipinski definition) is 2. The topological polar surface area (TPSA) is 108 Å². The van der Waals surface area contributed by atoms with Gasteiger partial charge in [-0.05, 0) is 51.4 Å². The van der Waals surface area contributed by atoms with E-state index in [1.807, 2.05) is 27.2 Å². The summed E-state index contributed by atoms with van der Waals surface area (Å²) in [5, 5.41) is 13.7. The van der Waals surface area contributed by atoms with Crippen LogP contribution in [-0.4, -0.2) is 68.5 Å². The zero-order chi connectivity index (χ0) is 35.8. The van der Waals surface area contributed by atoms with Gasteiger partial charge in [-0.1, -0.05) is 133 Å². The number of carbonyl (C=O) groups excluding carboxylic acids is 1. The Morgan fingerprint density at radius 3 is 1.85 bits per heavy atom. The van der Waals surface area contributed by atoms with Gasteiger partial charge in [0.25, 0.3) is 7.82 Å². The van der Waals surface area contributed by atoms with Gasteiger partial charge in [0.05, 0.1) is 39.9 Å². The smallest absolute Gasteiger partial charge is 0.268 e. The summed E-state index contributed by atoms with van der Waals surface area (Å²) in [6.07, 6.45) is 37.2. The third kappa shape index (κ3) is 33.0. The van der Waals surface area contributed by atoms with Crippen LogP contribution in [-0.2, 0) is 18.4 Å². The van der Waals surface area contributed by atoms with Crippen LogP contribution in [0.25, 0.3) is 0 Å². The summed E-state index contributed by atoms with van der Waals surface area (Å²) in [4.78, 5) is 25.1. The molecule has 0 fully saturated rings. The number of quaternary nitrogens is 1. The molecule has 8 nitrogen and oxygen atoms in total. The van der Waals surface area contributed by atoms with Gasteiger partial charge in [-0.25, -0.2) is 0 Å². The largest absolute Gasteiger partial charge is 0.756 e. The summed E-state index contributed by atoms with van der Waals surface area (Å²) in [7, 11) is 1.24. The Kier molecular flexibility index (Phi) is 30.4. The molecule has 0 rings (SSSR count). The highest BCUT2D eigenvalue weighted by Crippen LogP contribution is 2.38. The van der Waals surface area contributed by atoms with Crippen LogP contribution in [0.5, 0.6) is 0 Å². The van der Waals surface area contributed by atoms with Crippen molar-refractivity contribution >= 4 is 13.7 Å². The minimum absolute atomic E-state index is 0.00662. The van der Waals surface area contributed by atoms with E-state index in [2.05, 4.69) is 55.6 Å². The van der Waals surface area contributed by atoms with Crippen LogP contribution in [0.3, 0.4) is 0 Å². The Hall–Kier alpha value is -1.54. The van der Waals surface area contributed by atoms with Crippen LogP contribution in [0, 0.1) is 0 Å². The highest BCUT2D eigenvalue weighted by atomic mass is 31.2. The lowest BCUT2D eigenvalue weighted by Gasteiger charge is -2.29. The predicted octanol–water partition coefficient (Wildman–Crippen LogP) is 9.11. The van der Waals surface area contributed by atoms with Crippen molar-refractivity contribution in [3.63, 3.8) is 0 Å². The number of nitrogens with one attached hydrogen (secondary N) is 1. The van der Waals surface area contributed by atoms with E-state index in [0.717, 1.165) is 77.0 Å². The summed E-state index contributed by atoms with van der Waals surface area (Å²) in [5.41, 5.74) is 0. The minimum atomic E-state index is -4.58. The zero-order valence-corrected chi connectivity index (χ0v) is 32.3. The standard InChI is InChI=1S/C39H73N2O6P/c1-6-8-10-12-14-16-18-19-20-21-23-25-27-29-31-33-39(43)40-37(36-47-48(44,45)46-35-34-41(3,4)5)38(42)32-30-28-26-24-22-17-15-13-11-9-7-2/h8,10,14,16,19-20,30,32,37-38,42H,6-7,9,11-13,15,17-18,21-29,31,33-36H2,1-5H3,(H-,40,43,44,45)/b10-8-,16-14-,20-19-,32-30+. The third-order valence-electron chi connectivity index (χ3n) is 8.04. The molecule has 2 N–H and O–H groups in total. The number of aliphatic hydroxyl groups is 1. The number of carbonyl (C=O) groups is 1. The fourth-order valence-electron chi connectivity index (χ4n) is 4.99. The molecule has 0 spiro atoms. The van der Waals surface area contributed by atoms with Crippen LogP contribution >= 0.6 is 7.82 Å². The first-order valence-corrected chi connectivity index (χ1v) is 20.5. The lowest BCUT2D eigenvalue weighted by atomic mass is 10.1. The fourth-order valence-corrected chi connectivity index (χ4v) is 5.71. The van der Waals surface area contributed by atoms with Gasteiger partial charge < -0.3 is 28.8 Å². The van der Waals surface area contributed by atoms with Crippen molar-refractivity contribution in [2.45, 2.75) is 154 Å². The highest BCUT2D eigenvalue weighted by molar-refractivity contribution is 7.45. The molecule has 0 aliphatic rings. The molecule has 3 unspecified atom stereocenters. The van der Waals surface area contributed by atoms with Gasteiger partial charge in [0.2, 0.25) is 5.91 Å². The first kappa shape index (κ1) is 46.5. The second-order valence-electron chi connectivity index (χ2n) is 13.9. The molecule has 0 radical (unpaired) electrons. The van der Waals surface area contributed by atoms with Gasteiger partial charge in [0.1, 0.15) is 13.2 Å². The maximum absolute atomic E-state index is 12.8. The molecular weight excluding hydrogens is 623 g/mol. The summed E-state index contributed by atoms with van der Waals surface area (Å²) in [6.45, 7) is 4.47. The number of hydrogen-bond acceptors (Lipinski definition) is 6. The third-order valence-corrected chi connectivity index (χ3v) is 9.01. The molecule has 0 aromatic rings. The number of phosphoric ester groups is 1. The average Bonchev–Trinajstić information content (AvgIpc) is 3.02. The van der Waals surface area contributed by atoms with Crippen LogP contribution in [0.4, 0.5) is 0 Å². The molecular formula is C39H73N2O6P. The summed E-state index contributed by atoms with van der Waals surface area (Å²) >= 11 is 0. The normalized spacial score (nSPS) is 15.2. The van der Waals surface area contributed by atoms with Crippen molar-refractivity contribution < 1.29 is 32.9 Å². The zero-order valence-electron chi connectivity index (χ0n) is 31.4. The van der Waals surface area contributed by atoms with E-state index in [4.69, 9.17) is 9.05 Å². The molecule has 9 heteroatoms. The summed E-state index contributed by atoms with van der Waals surface area (Å²) in [5.74, 6) is -0.220. The van der Waals surface area contributed by atoms with E-state index in [1.54, 1.807) is 6.08 Å². The van der Waals surface area contributed by atoms with Gasteiger partial charge in [-0.3, -0.25) is 9.36 Å². The Morgan fingerprint density at radius 2 is 1.27 bits per heavy atom. The van der Waals surface area contributed by atoms with E-state index in [-0.39, 0.29) is 19.1 Å². The Balaban J connectivity index is 4.57. The number of rotatable bonds is 33. The number of phosphoric acid groups is 1. The molecule has 0 saturated carbocycles. The van der Waals surface area contributed by atoms with Gasteiger partial charge in [0, 0.05) is 6.42 Å². The van der Waals surface area contributed by atoms with Crippen LogP contribution in [0.2, 0.25) is 0 Å². The van der Waals surface area contributed by atoms with Crippen LogP contribution in [0.15, 0.2) is 48.6 Å². The molecule has 0 saturated heterocycles. The first-order chi connectivity index (χ1) is 23.0. The van der Waals surface area contributed by atoms with Crippen molar-refractivity contribution in [2.75, 3.05) is 40.9 Å². The molecule has 0 aliphatic carbocycles. The van der Waals surface area contributed by atoms with Crippen molar-refractivity contribution in [1.82, 2.24) is 5.32 Å². The summed E-state index contributed by atoms with van der Waals surface area (Å²) < 4.78 is 23.1. The van der Waals surface area contributed by atoms with E-state index < -0.39 is 20.0 Å². The molecule has 0 bridgehead atoms. The van der Waals surface area contributed by atoms with Crippen LogP contribution in [0.1, 0.15) is 142 Å². The molecule has 0 heterocycles. The second kappa shape index (κ2) is 31.4. The van der Waals surface area contributed by atoms with Gasteiger partial charge in [-0.15, -0.1) is 0 Å². The quantitative estimate of drug-likeness (QED) is 0.0307. The van der Waals surface area contributed by atoms with E-state index in [9.17, 15) is 19.4 Å². The summed E-state index contributed by atoms with van der Waals surface area (Å²) in [6, 6.07) is -0.893. The first-order valence-electron chi connectivity index (χ1n) is 19.0. The Labute approximate surface area is 295 Å². The number of aliphatic hydroxyl groups excluding tert-OH is 1. The number of amides is 1. The molecule has 1 amide bonds. The van der Waals surface area contributed by atoms with E-state index in [1.165, 1.54) is 44.9 Å². The Morgan fingerprint density at radius 1 is 0.750 bits per heavy atom. The molecule has 280 valence electrons. The molecule has 3 atom stereocenters. The van der Waals surface area contributed by atoms with Crippen molar-refractivity contribution in [3.8, 4) is 0 Å². The Bertz CT molecular complexity index is 928. The lowest BCUT2D eigenvalue weighted by Crippen LogP contribution is -2.45. The minimum Gasteiger partial charge on any atom is -0.756 e. The van der Waals surface area contributed by atoms with Crippen molar-refractivity contribution in [2.24, 2.45) is 0 Å². The second-order valence-corrected chi connectivity index (χ2v) is 15.3. The number of allylic oxidation sites excluding steroid dienone is 7. The van der Waals surface area contributed by atoms with E-state index in [0.29, 0.717) is 17.4 Å². The average molecular weight is 697 g/mol. The molecule has 0 aliphatic heterocycles.